The molecular weight excluding hydrogens is 231 g/mol. The third-order valence-corrected chi connectivity index (χ3v) is 2.62. The Balaban J connectivity index is 2.48. The lowest BCUT2D eigenvalue weighted by molar-refractivity contribution is 0.339. The van der Waals surface area contributed by atoms with Gasteiger partial charge in [-0.05, 0) is 36.8 Å². The van der Waals surface area contributed by atoms with Crippen molar-refractivity contribution in [3.8, 4) is 22.6 Å². The molecule has 0 aliphatic rings. The lowest BCUT2D eigenvalue weighted by Crippen LogP contribution is -1.95. The highest BCUT2D eigenvalue weighted by atomic mass is 19.1. The summed E-state index contributed by atoms with van der Waals surface area (Å²) in [7, 11) is 1.62. The van der Waals surface area contributed by atoms with Crippen LogP contribution in [0.5, 0.6) is 11.5 Å². The third kappa shape index (κ3) is 2.62. The summed E-state index contributed by atoms with van der Waals surface area (Å²) < 4.78 is 23.9. The van der Waals surface area contributed by atoms with Gasteiger partial charge in [0, 0.05) is 11.6 Å². The van der Waals surface area contributed by atoms with Crippen LogP contribution >= 0.6 is 0 Å². The van der Waals surface area contributed by atoms with Gasteiger partial charge in [-0.2, -0.15) is 0 Å². The summed E-state index contributed by atoms with van der Waals surface area (Å²) in [4.78, 5) is 0. The third-order valence-electron chi connectivity index (χ3n) is 2.62. The van der Waals surface area contributed by atoms with Gasteiger partial charge < -0.3 is 9.47 Å². The highest BCUT2D eigenvalue weighted by Gasteiger charge is 2.08. The molecule has 0 saturated heterocycles. The molecule has 0 bridgehead atoms. The first-order valence-corrected chi connectivity index (χ1v) is 5.81. The van der Waals surface area contributed by atoms with Crippen LogP contribution in [0.4, 0.5) is 4.39 Å². The minimum Gasteiger partial charge on any atom is -0.497 e. The van der Waals surface area contributed by atoms with E-state index in [1.165, 1.54) is 12.1 Å². The van der Waals surface area contributed by atoms with Crippen LogP contribution in [0.15, 0.2) is 42.5 Å². The summed E-state index contributed by atoms with van der Waals surface area (Å²) in [6, 6.07) is 12.2. The molecule has 0 unspecified atom stereocenters. The minimum atomic E-state index is -0.301. The Hall–Kier alpha value is -2.03. The molecule has 0 aliphatic heterocycles. The molecule has 2 nitrogen and oxygen atoms in total. The number of rotatable bonds is 4. The average Bonchev–Trinajstić information content (AvgIpc) is 2.39. The Kier molecular flexibility index (Phi) is 3.82. The lowest BCUT2D eigenvalue weighted by Gasteiger charge is -2.11. The highest BCUT2D eigenvalue weighted by molar-refractivity contribution is 5.71. The summed E-state index contributed by atoms with van der Waals surface area (Å²) in [5.41, 5.74) is 1.80. The van der Waals surface area contributed by atoms with E-state index in [1.807, 2.05) is 31.2 Å². The predicted octanol–water partition coefficient (Wildman–Crippen LogP) is 3.90. The SMILES string of the molecule is CCOc1cc(F)ccc1-c1cccc(OC)c1. The zero-order valence-electron chi connectivity index (χ0n) is 10.4. The molecule has 0 aliphatic carbocycles. The van der Waals surface area contributed by atoms with E-state index in [0.717, 1.165) is 16.9 Å². The maximum Gasteiger partial charge on any atom is 0.130 e. The van der Waals surface area contributed by atoms with Gasteiger partial charge in [0.25, 0.3) is 0 Å². The van der Waals surface area contributed by atoms with Crippen LogP contribution < -0.4 is 9.47 Å². The summed E-state index contributed by atoms with van der Waals surface area (Å²) in [6.07, 6.45) is 0. The molecule has 2 aromatic rings. The Labute approximate surface area is 106 Å². The molecule has 94 valence electrons. The number of hydrogen-bond acceptors (Lipinski definition) is 2. The van der Waals surface area contributed by atoms with Crippen molar-refractivity contribution in [2.75, 3.05) is 13.7 Å². The second-order valence-corrected chi connectivity index (χ2v) is 3.81. The van der Waals surface area contributed by atoms with E-state index in [-0.39, 0.29) is 5.82 Å². The summed E-state index contributed by atoms with van der Waals surface area (Å²) in [5.74, 6) is 1.01. The number of hydrogen-bond donors (Lipinski definition) is 0. The van der Waals surface area contributed by atoms with Crippen LogP contribution in [0.1, 0.15) is 6.92 Å². The number of ether oxygens (including phenoxy) is 2. The average molecular weight is 246 g/mol. The van der Waals surface area contributed by atoms with Crippen molar-refractivity contribution in [1.82, 2.24) is 0 Å². The van der Waals surface area contributed by atoms with E-state index >= 15 is 0 Å². The zero-order valence-corrected chi connectivity index (χ0v) is 10.4. The summed E-state index contributed by atoms with van der Waals surface area (Å²) in [5, 5.41) is 0. The van der Waals surface area contributed by atoms with Gasteiger partial charge in [-0.25, -0.2) is 4.39 Å². The second-order valence-electron chi connectivity index (χ2n) is 3.81. The fraction of sp³-hybridized carbons (Fsp3) is 0.200. The quantitative estimate of drug-likeness (QED) is 0.814. The molecular formula is C15H15FO2. The number of halogens is 1. The Bertz CT molecular complexity index is 538. The Morgan fingerprint density at radius 1 is 1.11 bits per heavy atom. The van der Waals surface area contributed by atoms with Crippen molar-refractivity contribution in [2.24, 2.45) is 0 Å². The molecule has 2 rings (SSSR count). The fourth-order valence-corrected chi connectivity index (χ4v) is 1.80. The van der Waals surface area contributed by atoms with E-state index in [2.05, 4.69) is 0 Å². The van der Waals surface area contributed by atoms with Crippen molar-refractivity contribution < 1.29 is 13.9 Å². The standard InChI is InChI=1S/C15H15FO2/c1-3-18-15-10-12(16)7-8-14(15)11-5-4-6-13(9-11)17-2/h4-10H,3H2,1-2H3. The molecule has 0 aromatic heterocycles. The van der Waals surface area contributed by atoms with Crippen molar-refractivity contribution in [3.05, 3.63) is 48.3 Å². The molecule has 0 atom stereocenters. The van der Waals surface area contributed by atoms with Crippen molar-refractivity contribution in [2.45, 2.75) is 6.92 Å². The molecule has 0 spiro atoms. The molecule has 0 N–H and O–H groups in total. The molecule has 0 radical (unpaired) electrons. The van der Waals surface area contributed by atoms with E-state index < -0.39 is 0 Å². The molecule has 0 amide bonds. The molecule has 3 heteroatoms. The van der Waals surface area contributed by atoms with Gasteiger partial charge in [0.05, 0.1) is 13.7 Å². The van der Waals surface area contributed by atoms with E-state index in [1.54, 1.807) is 13.2 Å². The molecule has 18 heavy (non-hydrogen) atoms. The lowest BCUT2D eigenvalue weighted by atomic mass is 10.0. The molecule has 0 fully saturated rings. The van der Waals surface area contributed by atoms with Gasteiger partial charge >= 0.3 is 0 Å². The van der Waals surface area contributed by atoms with Gasteiger partial charge in [0.2, 0.25) is 0 Å². The number of methoxy groups -OCH3 is 1. The van der Waals surface area contributed by atoms with Gasteiger partial charge in [-0.1, -0.05) is 12.1 Å². The van der Waals surface area contributed by atoms with E-state index in [0.29, 0.717) is 12.4 Å². The minimum absolute atomic E-state index is 0.301. The predicted molar refractivity (Wildman–Crippen MR) is 69.6 cm³/mol. The first-order valence-electron chi connectivity index (χ1n) is 5.81. The van der Waals surface area contributed by atoms with Crippen molar-refractivity contribution in [1.29, 1.82) is 0 Å². The second kappa shape index (κ2) is 5.54. The number of benzene rings is 2. The van der Waals surface area contributed by atoms with Crippen LogP contribution in [-0.2, 0) is 0 Å². The van der Waals surface area contributed by atoms with Crippen LogP contribution in [0.3, 0.4) is 0 Å². The maximum absolute atomic E-state index is 13.2. The van der Waals surface area contributed by atoms with Crippen LogP contribution in [0.25, 0.3) is 11.1 Å². The topological polar surface area (TPSA) is 18.5 Å². The monoisotopic (exact) mass is 246 g/mol. The van der Waals surface area contributed by atoms with Gasteiger partial charge in [-0.15, -0.1) is 0 Å². The largest absolute Gasteiger partial charge is 0.497 e. The normalized spacial score (nSPS) is 10.2. The van der Waals surface area contributed by atoms with Crippen LogP contribution in [0.2, 0.25) is 0 Å². The Morgan fingerprint density at radius 3 is 2.67 bits per heavy atom. The fourth-order valence-electron chi connectivity index (χ4n) is 1.80. The maximum atomic E-state index is 13.2. The molecule has 0 heterocycles. The highest BCUT2D eigenvalue weighted by Crippen LogP contribution is 2.32. The molecule has 0 saturated carbocycles. The first kappa shape index (κ1) is 12.4. The van der Waals surface area contributed by atoms with Gasteiger partial charge in [-0.3, -0.25) is 0 Å². The van der Waals surface area contributed by atoms with Crippen LogP contribution in [-0.4, -0.2) is 13.7 Å². The summed E-state index contributed by atoms with van der Waals surface area (Å²) >= 11 is 0. The van der Waals surface area contributed by atoms with Crippen LogP contribution in [0, 0.1) is 5.82 Å². The first-order chi connectivity index (χ1) is 8.74. The van der Waals surface area contributed by atoms with Crippen molar-refractivity contribution >= 4 is 0 Å². The van der Waals surface area contributed by atoms with Crippen molar-refractivity contribution in [3.63, 3.8) is 0 Å². The Morgan fingerprint density at radius 2 is 1.94 bits per heavy atom. The van der Waals surface area contributed by atoms with E-state index in [9.17, 15) is 4.39 Å². The van der Waals surface area contributed by atoms with Gasteiger partial charge in [0.15, 0.2) is 0 Å². The zero-order chi connectivity index (χ0) is 13.0. The smallest absolute Gasteiger partial charge is 0.130 e. The summed E-state index contributed by atoms with van der Waals surface area (Å²) in [6.45, 7) is 2.38. The van der Waals surface area contributed by atoms with E-state index in [4.69, 9.17) is 9.47 Å². The van der Waals surface area contributed by atoms with Gasteiger partial charge in [0.1, 0.15) is 17.3 Å². The molecule has 2 aromatic carbocycles.